The van der Waals surface area contributed by atoms with Gasteiger partial charge in [-0.15, -0.1) is 11.3 Å². The maximum absolute atomic E-state index is 10.6. The SMILES string of the molecule is Cc1nc2cccc(C3(N=C=O)CCC3)c2s1. The number of aryl methyl sites for hydroxylation is 1. The van der Waals surface area contributed by atoms with Crippen LogP contribution in [0.5, 0.6) is 0 Å². The number of nitrogens with zero attached hydrogens (tertiary/aromatic N) is 2. The predicted octanol–water partition coefficient (Wildman–Crippen LogP) is 3.32. The van der Waals surface area contributed by atoms with Crippen LogP contribution in [0.1, 0.15) is 29.8 Å². The van der Waals surface area contributed by atoms with Crippen molar-refractivity contribution in [3.63, 3.8) is 0 Å². The Morgan fingerprint density at radius 3 is 2.94 bits per heavy atom. The van der Waals surface area contributed by atoms with E-state index >= 15 is 0 Å². The van der Waals surface area contributed by atoms with E-state index in [1.54, 1.807) is 17.4 Å². The summed E-state index contributed by atoms with van der Waals surface area (Å²) in [6, 6.07) is 6.08. The van der Waals surface area contributed by atoms with Crippen LogP contribution in [0.25, 0.3) is 10.2 Å². The highest BCUT2D eigenvalue weighted by Crippen LogP contribution is 2.47. The predicted molar refractivity (Wildman–Crippen MR) is 68.0 cm³/mol. The van der Waals surface area contributed by atoms with Crippen LogP contribution < -0.4 is 0 Å². The lowest BCUT2D eigenvalue weighted by atomic mass is 9.72. The quantitative estimate of drug-likeness (QED) is 0.600. The van der Waals surface area contributed by atoms with Crippen LogP contribution in [-0.4, -0.2) is 11.1 Å². The Kier molecular flexibility index (Phi) is 2.35. The smallest absolute Gasteiger partial charge is 0.235 e. The summed E-state index contributed by atoms with van der Waals surface area (Å²) in [4.78, 5) is 19.2. The molecule has 0 amide bonds. The molecule has 0 aliphatic heterocycles. The van der Waals surface area contributed by atoms with Crippen molar-refractivity contribution in [3.8, 4) is 0 Å². The first-order chi connectivity index (χ1) is 8.25. The maximum atomic E-state index is 10.6. The molecule has 0 spiro atoms. The molecule has 1 aliphatic carbocycles. The summed E-state index contributed by atoms with van der Waals surface area (Å²) in [5.41, 5.74) is 1.84. The van der Waals surface area contributed by atoms with E-state index in [0.29, 0.717) is 0 Å². The van der Waals surface area contributed by atoms with Gasteiger partial charge >= 0.3 is 0 Å². The van der Waals surface area contributed by atoms with Crippen molar-refractivity contribution in [2.75, 3.05) is 0 Å². The van der Waals surface area contributed by atoms with Crippen LogP contribution >= 0.6 is 11.3 Å². The molecule has 0 N–H and O–H groups in total. The van der Waals surface area contributed by atoms with Gasteiger partial charge in [-0.3, -0.25) is 0 Å². The number of aromatic nitrogens is 1. The molecule has 1 aliphatic rings. The number of thiazole rings is 1. The van der Waals surface area contributed by atoms with E-state index in [-0.39, 0.29) is 5.54 Å². The molecular weight excluding hydrogens is 232 g/mol. The number of aliphatic imine (C=N–C) groups is 1. The highest BCUT2D eigenvalue weighted by molar-refractivity contribution is 7.18. The lowest BCUT2D eigenvalue weighted by Gasteiger charge is -2.37. The molecule has 2 aromatic rings. The third kappa shape index (κ3) is 1.53. The summed E-state index contributed by atoms with van der Waals surface area (Å²) in [5.74, 6) is 0. The molecule has 1 aromatic carbocycles. The summed E-state index contributed by atoms with van der Waals surface area (Å²) in [6.07, 6.45) is 4.75. The number of hydrogen-bond donors (Lipinski definition) is 0. The average Bonchev–Trinajstić information content (AvgIpc) is 2.63. The zero-order valence-corrected chi connectivity index (χ0v) is 10.4. The minimum absolute atomic E-state index is 0.319. The second kappa shape index (κ2) is 3.76. The molecule has 1 heterocycles. The number of hydrogen-bond acceptors (Lipinski definition) is 4. The Labute approximate surface area is 103 Å². The highest BCUT2D eigenvalue weighted by atomic mass is 32.1. The number of isocyanates is 1. The van der Waals surface area contributed by atoms with Gasteiger partial charge in [-0.05, 0) is 37.8 Å². The molecule has 1 saturated carbocycles. The molecule has 0 saturated heterocycles. The third-order valence-corrected chi connectivity index (χ3v) is 4.48. The second-order valence-electron chi connectivity index (χ2n) is 4.47. The average molecular weight is 244 g/mol. The van der Waals surface area contributed by atoms with Gasteiger partial charge in [0, 0.05) is 0 Å². The Hall–Kier alpha value is -1.51. The number of carbonyl (C=O) groups excluding carboxylic acids is 1. The fourth-order valence-corrected chi connectivity index (χ4v) is 3.49. The minimum Gasteiger partial charge on any atom is -0.242 e. The molecule has 0 radical (unpaired) electrons. The van der Waals surface area contributed by atoms with Crippen molar-refractivity contribution < 1.29 is 4.79 Å². The molecule has 3 nitrogen and oxygen atoms in total. The molecular formula is C13H12N2OS. The lowest BCUT2D eigenvalue weighted by Crippen LogP contribution is -2.31. The largest absolute Gasteiger partial charge is 0.242 e. The zero-order chi connectivity index (χ0) is 11.9. The third-order valence-electron chi connectivity index (χ3n) is 3.46. The Morgan fingerprint density at radius 2 is 2.29 bits per heavy atom. The van der Waals surface area contributed by atoms with Crippen molar-refractivity contribution in [3.05, 3.63) is 28.8 Å². The summed E-state index contributed by atoms with van der Waals surface area (Å²) < 4.78 is 1.17. The van der Waals surface area contributed by atoms with E-state index < -0.39 is 0 Å². The molecule has 0 unspecified atom stereocenters. The van der Waals surface area contributed by atoms with E-state index in [2.05, 4.69) is 16.0 Å². The first-order valence-electron chi connectivity index (χ1n) is 5.71. The molecule has 1 aromatic heterocycles. The van der Waals surface area contributed by atoms with Crippen LogP contribution in [0.3, 0.4) is 0 Å². The lowest BCUT2D eigenvalue weighted by molar-refractivity contribution is 0.258. The number of benzene rings is 1. The Morgan fingerprint density at radius 1 is 1.47 bits per heavy atom. The molecule has 4 heteroatoms. The Balaban J connectivity index is 2.25. The first-order valence-corrected chi connectivity index (χ1v) is 6.52. The van der Waals surface area contributed by atoms with Gasteiger partial charge in [-0.2, -0.15) is 4.99 Å². The van der Waals surface area contributed by atoms with Gasteiger partial charge in [-0.1, -0.05) is 12.1 Å². The molecule has 17 heavy (non-hydrogen) atoms. The van der Waals surface area contributed by atoms with Gasteiger partial charge in [0.25, 0.3) is 0 Å². The fourth-order valence-electron chi connectivity index (χ4n) is 2.47. The number of rotatable bonds is 2. The van der Waals surface area contributed by atoms with Crippen LogP contribution in [0.4, 0.5) is 0 Å². The van der Waals surface area contributed by atoms with Crippen molar-refractivity contribution in [1.29, 1.82) is 0 Å². The van der Waals surface area contributed by atoms with Crippen molar-refractivity contribution in [2.24, 2.45) is 4.99 Å². The van der Waals surface area contributed by atoms with E-state index in [9.17, 15) is 4.79 Å². The summed E-state index contributed by atoms with van der Waals surface area (Å²) >= 11 is 1.68. The van der Waals surface area contributed by atoms with Gasteiger partial charge in [0.15, 0.2) is 0 Å². The summed E-state index contributed by atoms with van der Waals surface area (Å²) in [7, 11) is 0. The first kappa shape index (κ1) is 10.6. The summed E-state index contributed by atoms with van der Waals surface area (Å²) in [6.45, 7) is 2.00. The van der Waals surface area contributed by atoms with Gasteiger partial charge in [0.1, 0.15) is 0 Å². The fraction of sp³-hybridized carbons (Fsp3) is 0.385. The Bertz CT molecular complexity index is 621. The van der Waals surface area contributed by atoms with Crippen LogP contribution in [-0.2, 0) is 10.3 Å². The summed E-state index contributed by atoms with van der Waals surface area (Å²) in [5, 5.41) is 1.05. The van der Waals surface area contributed by atoms with E-state index in [0.717, 1.165) is 35.4 Å². The van der Waals surface area contributed by atoms with Gasteiger partial charge in [0.05, 0.1) is 20.8 Å². The van der Waals surface area contributed by atoms with Crippen molar-refractivity contribution in [1.82, 2.24) is 4.98 Å². The van der Waals surface area contributed by atoms with E-state index in [1.165, 1.54) is 4.70 Å². The highest BCUT2D eigenvalue weighted by Gasteiger charge is 2.40. The molecule has 1 fully saturated rings. The minimum atomic E-state index is -0.319. The molecule has 0 atom stereocenters. The van der Waals surface area contributed by atoms with Crippen molar-refractivity contribution >= 4 is 27.6 Å². The van der Waals surface area contributed by atoms with Crippen molar-refractivity contribution in [2.45, 2.75) is 31.7 Å². The second-order valence-corrected chi connectivity index (χ2v) is 5.68. The maximum Gasteiger partial charge on any atom is 0.235 e. The standard InChI is InChI=1S/C13H12N2OS/c1-9-15-11-5-2-4-10(12(11)17-9)13(14-8-16)6-3-7-13/h2,4-5H,3,6-7H2,1H3. The molecule has 3 rings (SSSR count). The zero-order valence-electron chi connectivity index (χ0n) is 9.56. The number of fused-ring (bicyclic) bond motifs is 1. The van der Waals surface area contributed by atoms with Gasteiger partial charge < -0.3 is 0 Å². The van der Waals surface area contributed by atoms with E-state index in [1.807, 2.05) is 19.1 Å². The van der Waals surface area contributed by atoms with Gasteiger partial charge in [0.2, 0.25) is 6.08 Å². The molecule has 86 valence electrons. The normalized spacial score (nSPS) is 17.5. The monoisotopic (exact) mass is 244 g/mol. The topological polar surface area (TPSA) is 42.3 Å². The van der Waals surface area contributed by atoms with Gasteiger partial charge in [-0.25, -0.2) is 9.78 Å². The molecule has 0 bridgehead atoms. The van der Waals surface area contributed by atoms with E-state index in [4.69, 9.17) is 0 Å². The van der Waals surface area contributed by atoms with Crippen LogP contribution in [0, 0.1) is 6.92 Å². The van der Waals surface area contributed by atoms with Crippen LogP contribution in [0.15, 0.2) is 23.2 Å². The van der Waals surface area contributed by atoms with Crippen LogP contribution in [0.2, 0.25) is 0 Å².